The van der Waals surface area contributed by atoms with Crippen LogP contribution in [0.25, 0.3) is 6.08 Å². The number of halogens is 3. The molecular formula is C19H15F3O3S. The van der Waals surface area contributed by atoms with Crippen molar-refractivity contribution < 1.29 is 27.8 Å². The third kappa shape index (κ3) is 3.78. The van der Waals surface area contributed by atoms with E-state index in [1.807, 2.05) is 0 Å². The number of benzene rings is 2. The van der Waals surface area contributed by atoms with Crippen molar-refractivity contribution in [3.05, 3.63) is 64.2 Å². The largest absolute Gasteiger partial charge is 0.496 e. The average molecular weight is 380 g/mol. The Kier molecular flexibility index (Phi) is 5.11. The Bertz CT molecular complexity index is 871. The molecule has 0 saturated carbocycles. The molecule has 1 aliphatic rings. The van der Waals surface area contributed by atoms with Gasteiger partial charge in [0.05, 0.1) is 13.7 Å². The van der Waals surface area contributed by atoms with Gasteiger partial charge in [-0.05, 0) is 35.5 Å². The predicted octanol–water partition coefficient (Wildman–Crippen LogP) is 4.62. The van der Waals surface area contributed by atoms with Gasteiger partial charge in [-0.1, -0.05) is 24.3 Å². The fourth-order valence-corrected chi connectivity index (χ4v) is 3.51. The van der Waals surface area contributed by atoms with E-state index in [9.17, 15) is 23.1 Å². The molecule has 0 spiro atoms. The van der Waals surface area contributed by atoms with Gasteiger partial charge in [0.2, 0.25) is 0 Å². The molecule has 0 amide bonds. The topological polar surface area (TPSA) is 46.5 Å². The number of hydrogen-bond donors (Lipinski definition) is 1. The minimum Gasteiger partial charge on any atom is -0.496 e. The highest BCUT2D eigenvalue weighted by Crippen LogP contribution is 2.38. The van der Waals surface area contributed by atoms with E-state index in [0.717, 1.165) is 5.56 Å². The lowest BCUT2D eigenvalue weighted by Gasteiger charge is -2.10. The predicted molar refractivity (Wildman–Crippen MR) is 93.3 cm³/mol. The molecule has 26 heavy (non-hydrogen) atoms. The zero-order valence-electron chi connectivity index (χ0n) is 13.8. The lowest BCUT2D eigenvalue weighted by Crippen LogP contribution is -1.99. The highest BCUT2D eigenvalue weighted by molar-refractivity contribution is 8.00. The number of Topliss-reactive ketones (excluding diaryl/α,β-unsaturated/α-hetero) is 1. The van der Waals surface area contributed by atoms with Crippen molar-refractivity contribution in [2.75, 3.05) is 7.11 Å². The Hall–Kier alpha value is -2.25. The van der Waals surface area contributed by atoms with E-state index < -0.39 is 5.51 Å². The molecule has 7 heteroatoms. The van der Waals surface area contributed by atoms with Gasteiger partial charge in [0.15, 0.2) is 5.78 Å². The molecule has 0 aromatic heterocycles. The van der Waals surface area contributed by atoms with Crippen molar-refractivity contribution >= 4 is 23.6 Å². The van der Waals surface area contributed by atoms with Gasteiger partial charge in [-0.3, -0.25) is 4.79 Å². The smallest absolute Gasteiger partial charge is 0.446 e. The number of alkyl halides is 3. The number of allylic oxidation sites excluding steroid dienone is 1. The van der Waals surface area contributed by atoms with Crippen LogP contribution in [0.15, 0.2) is 46.9 Å². The number of aliphatic hydroxyl groups is 1. The van der Waals surface area contributed by atoms with E-state index in [-0.39, 0.29) is 29.0 Å². The Morgan fingerprint density at radius 3 is 2.46 bits per heavy atom. The summed E-state index contributed by atoms with van der Waals surface area (Å²) in [5.74, 6) is 0.357. The van der Waals surface area contributed by atoms with Crippen LogP contribution in [-0.4, -0.2) is 23.5 Å². The number of carbonyl (C=O) groups is 1. The fourth-order valence-electron chi connectivity index (χ4n) is 2.97. The molecule has 0 unspecified atom stereocenters. The molecule has 2 aromatic rings. The molecule has 3 rings (SSSR count). The summed E-state index contributed by atoms with van der Waals surface area (Å²) >= 11 is -0.176. The quantitative estimate of drug-likeness (QED) is 0.621. The summed E-state index contributed by atoms with van der Waals surface area (Å²) in [6, 6.07) is 9.17. The summed E-state index contributed by atoms with van der Waals surface area (Å²) in [6.45, 7) is -0.192. The lowest BCUT2D eigenvalue weighted by molar-refractivity contribution is -0.0328. The molecule has 0 bridgehead atoms. The Morgan fingerprint density at radius 2 is 1.88 bits per heavy atom. The monoisotopic (exact) mass is 380 g/mol. The van der Waals surface area contributed by atoms with E-state index >= 15 is 0 Å². The first-order valence-corrected chi connectivity index (χ1v) is 8.54. The first-order valence-electron chi connectivity index (χ1n) is 7.73. The molecule has 0 saturated heterocycles. The maximum atomic E-state index is 12.6. The SMILES string of the molecule is COc1c(CO)ccc2c1C/C(=C\c1ccc(SC(F)(F)F)cc1)C2=O. The molecule has 1 aliphatic carbocycles. The number of carbonyl (C=O) groups excluding carboxylic acids is 1. The van der Waals surface area contributed by atoms with Gasteiger partial charge in [0.25, 0.3) is 0 Å². The number of fused-ring (bicyclic) bond motifs is 1. The summed E-state index contributed by atoms with van der Waals surface area (Å²) in [4.78, 5) is 12.7. The molecule has 0 aliphatic heterocycles. The van der Waals surface area contributed by atoms with Crippen molar-refractivity contribution in [1.82, 2.24) is 0 Å². The van der Waals surface area contributed by atoms with Gasteiger partial charge in [-0.15, -0.1) is 0 Å². The van der Waals surface area contributed by atoms with Gasteiger partial charge in [-0.25, -0.2) is 0 Å². The second-order valence-corrected chi connectivity index (χ2v) is 6.87. The normalized spacial score (nSPS) is 15.4. The van der Waals surface area contributed by atoms with Crippen LogP contribution in [0.3, 0.4) is 0 Å². The first kappa shape index (κ1) is 18.5. The minimum atomic E-state index is -4.33. The molecular weight excluding hydrogens is 365 g/mol. The van der Waals surface area contributed by atoms with Gasteiger partial charge < -0.3 is 9.84 Å². The highest BCUT2D eigenvalue weighted by Gasteiger charge is 2.30. The second kappa shape index (κ2) is 7.17. The Balaban J connectivity index is 1.88. The Morgan fingerprint density at radius 1 is 1.19 bits per heavy atom. The van der Waals surface area contributed by atoms with Gasteiger partial charge >= 0.3 is 5.51 Å². The molecule has 1 N–H and O–H groups in total. The number of thioether (sulfide) groups is 1. The number of methoxy groups -OCH3 is 1. The van der Waals surface area contributed by atoms with Crippen LogP contribution < -0.4 is 4.74 Å². The second-order valence-electron chi connectivity index (χ2n) is 5.73. The molecule has 0 radical (unpaired) electrons. The van der Waals surface area contributed by atoms with E-state index in [1.165, 1.54) is 19.2 Å². The minimum absolute atomic E-state index is 0.0925. The number of hydrogen-bond acceptors (Lipinski definition) is 4. The van der Waals surface area contributed by atoms with Crippen LogP contribution in [0.2, 0.25) is 0 Å². The fraction of sp³-hybridized carbons (Fsp3) is 0.211. The van der Waals surface area contributed by atoms with Crippen molar-refractivity contribution in [2.45, 2.75) is 23.4 Å². The number of rotatable bonds is 4. The molecule has 0 atom stereocenters. The van der Waals surface area contributed by atoms with Crippen LogP contribution in [0, 0.1) is 0 Å². The third-order valence-electron chi connectivity index (χ3n) is 4.07. The zero-order chi connectivity index (χ0) is 18.9. The standard InChI is InChI=1S/C19H15F3O3S/c1-25-18-12(10-23)4-7-15-16(18)9-13(17(15)24)8-11-2-5-14(6-3-11)26-19(20,21)22/h2-8,23H,9-10H2,1H3/b13-8+. The average Bonchev–Trinajstić information content (AvgIpc) is 2.90. The van der Waals surface area contributed by atoms with Crippen molar-refractivity contribution in [1.29, 1.82) is 0 Å². The number of ketones is 1. The number of ether oxygens (including phenoxy) is 1. The van der Waals surface area contributed by atoms with Crippen molar-refractivity contribution in [3.8, 4) is 5.75 Å². The lowest BCUT2D eigenvalue weighted by atomic mass is 10.0. The van der Waals surface area contributed by atoms with Crippen molar-refractivity contribution in [2.24, 2.45) is 0 Å². The van der Waals surface area contributed by atoms with Crippen LogP contribution >= 0.6 is 11.8 Å². The van der Waals surface area contributed by atoms with Crippen LogP contribution in [0.5, 0.6) is 5.75 Å². The highest BCUT2D eigenvalue weighted by atomic mass is 32.2. The Labute approximate surface area is 152 Å². The molecule has 2 aromatic carbocycles. The van der Waals surface area contributed by atoms with E-state index in [2.05, 4.69) is 0 Å². The molecule has 0 heterocycles. The molecule has 3 nitrogen and oxygen atoms in total. The zero-order valence-corrected chi connectivity index (χ0v) is 14.6. The third-order valence-corrected chi connectivity index (χ3v) is 4.81. The molecule has 0 fully saturated rings. The van der Waals surface area contributed by atoms with Crippen LogP contribution in [-0.2, 0) is 13.0 Å². The first-order chi connectivity index (χ1) is 12.3. The van der Waals surface area contributed by atoms with Gasteiger partial charge in [-0.2, -0.15) is 13.2 Å². The van der Waals surface area contributed by atoms with E-state index in [1.54, 1.807) is 30.3 Å². The summed E-state index contributed by atoms with van der Waals surface area (Å²) in [7, 11) is 1.48. The summed E-state index contributed by atoms with van der Waals surface area (Å²) in [6.07, 6.45) is 2.02. The number of aliphatic hydroxyl groups excluding tert-OH is 1. The van der Waals surface area contributed by atoms with Gasteiger partial charge in [0, 0.05) is 33.6 Å². The van der Waals surface area contributed by atoms with Crippen LogP contribution in [0.4, 0.5) is 13.2 Å². The van der Waals surface area contributed by atoms with Gasteiger partial charge in [0.1, 0.15) is 5.75 Å². The molecule has 136 valence electrons. The van der Waals surface area contributed by atoms with E-state index in [0.29, 0.717) is 34.4 Å². The maximum Gasteiger partial charge on any atom is 0.446 e. The maximum absolute atomic E-state index is 12.6. The summed E-state index contributed by atoms with van der Waals surface area (Å²) in [5.41, 5.74) is -1.30. The van der Waals surface area contributed by atoms with Crippen molar-refractivity contribution in [3.63, 3.8) is 0 Å². The van der Waals surface area contributed by atoms with E-state index in [4.69, 9.17) is 4.74 Å². The summed E-state index contributed by atoms with van der Waals surface area (Å²) < 4.78 is 42.5. The summed E-state index contributed by atoms with van der Waals surface area (Å²) in [5, 5.41) is 9.39. The van der Waals surface area contributed by atoms with Crippen LogP contribution in [0.1, 0.15) is 27.0 Å².